The number of nitrogens with one attached hydrogen (secondary N) is 2. The van der Waals surface area contributed by atoms with Crippen molar-refractivity contribution in [3.05, 3.63) is 29.8 Å². The van der Waals surface area contributed by atoms with E-state index in [2.05, 4.69) is 42.4 Å². The van der Waals surface area contributed by atoms with Gasteiger partial charge in [-0.3, -0.25) is 0 Å². The van der Waals surface area contributed by atoms with E-state index in [-0.39, 0.29) is 0 Å². The quantitative estimate of drug-likeness (QED) is 0.459. The van der Waals surface area contributed by atoms with E-state index in [1.54, 1.807) is 0 Å². The Morgan fingerprint density at radius 2 is 2.04 bits per heavy atom. The van der Waals surface area contributed by atoms with E-state index < -0.39 is 0 Å². The molecule has 0 aliphatic carbocycles. The predicted molar refractivity (Wildman–Crippen MR) is 112 cm³/mol. The molecule has 1 aliphatic heterocycles. The van der Waals surface area contributed by atoms with Crippen LogP contribution in [0.5, 0.6) is 5.75 Å². The fraction of sp³-hybridized carbons (Fsp3) is 0.667. The molecule has 27 heavy (non-hydrogen) atoms. The summed E-state index contributed by atoms with van der Waals surface area (Å²) in [6, 6.07) is 8.16. The lowest BCUT2D eigenvalue weighted by molar-refractivity contribution is 0.114. The Morgan fingerprint density at radius 1 is 1.22 bits per heavy atom. The first kappa shape index (κ1) is 21.5. The van der Waals surface area contributed by atoms with Crippen LogP contribution in [-0.2, 0) is 11.3 Å². The molecule has 6 nitrogen and oxygen atoms in total. The average molecular weight is 377 g/mol. The minimum absolute atomic E-state index is 0.296. The molecular formula is C21H36N4O2. The van der Waals surface area contributed by atoms with Crippen LogP contribution in [0.25, 0.3) is 0 Å². The van der Waals surface area contributed by atoms with Crippen LogP contribution >= 0.6 is 0 Å². The summed E-state index contributed by atoms with van der Waals surface area (Å²) in [6.45, 7) is 13.3. The van der Waals surface area contributed by atoms with Gasteiger partial charge in [-0.2, -0.15) is 0 Å². The Labute approximate surface area is 164 Å². The summed E-state index contributed by atoms with van der Waals surface area (Å²) in [6.07, 6.45) is 2.57. The SMILES string of the molecule is CCNC(=NCc1ccccc1OCCN(CC)CC)NCC1CCCO1. The number of hydrogen-bond acceptors (Lipinski definition) is 4. The van der Waals surface area contributed by atoms with Gasteiger partial charge in [-0.25, -0.2) is 4.99 Å². The highest BCUT2D eigenvalue weighted by molar-refractivity contribution is 5.79. The van der Waals surface area contributed by atoms with Crippen LogP contribution < -0.4 is 15.4 Å². The van der Waals surface area contributed by atoms with Gasteiger partial charge in [-0.1, -0.05) is 32.0 Å². The van der Waals surface area contributed by atoms with Gasteiger partial charge >= 0.3 is 0 Å². The maximum Gasteiger partial charge on any atom is 0.191 e. The Morgan fingerprint density at radius 3 is 2.74 bits per heavy atom. The molecule has 0 aromatic heterocycles. The van der Waals surface area contributed by atoms with Crippen LogP contribution in [-0.4, -0.2) is 62.9 Å². The normalized spacial score (nSPS) is 17.3. The van der Waals surface area contributed by atoms with E-state index in [9.17, 15) is 0 Å². The van der Waals surface area contributed by atoms with Crippen molar-refractivity contribution in [2.75, 3.05) is 45.9 Å². The Bertz CT molecular complexity index is 555. The van der Waals surface area contributed by atoms with Gasteiger partial charge in [0, 0.05) is 31.8 Å². The minimum Gasteiger partial charge on any atom is -0.492 e. The molecule has 0 amide bonds. The zero-order valence-electron chi connectivity index (χ0n) is 17.2. The number of ether oxygens (including phenoxy) is 2. The van der Waals surface area contributed by atoms with Crippen LogP contribution in [0.1, 0.15) is 39.2 Å². The average Bonchev–Trinajstić information content (AvgIpc) is 3.22. The molecule has 1 fully saturated rings. The van der Waals surface area contributed by atoms with Crippen molar-refractivity contribution in [2.24, 2.45) is 4.99 Å². The first-order valence-electron chi connectivity index (χ1n) is 10.3. The molecule has 0 bridgehead atoms. The summed E-state index contributed by atoms with van der Waals surface area (Å²) in [5.74, 6) is 1.74. The fourth-order valence-corrected chi connectivity index (χ4v) is 3.12. The van der Waals surface area contributed by atoms with Gasteiger partial charge in [0.1, 0.15) is 12.4 Å². The van der Waals surface area contributed by atoms with Gasteiger partial charge in [0.2, 0.25) is 0 Å². The molecule has 0 spiro atoms. The lowest BCUT2D eigenvalue weighted by atomic mass is 10.2. The topological polar surface area (TPSA) is 58.1 Å². The molecule has 1 unspecified atom stereocenters. The number of likely N-dealkylation sites (N-methyl/N-ethyl adjacent to an activating group) is 1. The van der Waals surface area contributed by atoms with Crippen molar-refractivity contribution in [3.8, 4) is 5.75 Å². The van der Waals surface area contributed by atoms with Crippen molar-refractivity contribution < 1.29 is 9.47 Å². The second-order valence-corrected chi connectivity index (χ2v) is 6.69. The van der Waals surface area contributed by atoms with Gasteiger partial charge < -0.3 is 25.0 Å². The van der Waals surface area contributed by atoms with Gasteiger partial charge in [-0.15, -0.1) is 0 Å². The number of nitrogens with zero attached hydrogens (tertiary/aromatic N) is 2. The van der Waals surface area contributed by atoms with Crippen molar-refractivity contribution in [1.82, 2.24) is 15.5 Å². The number of hydrogen-bond donors (Lipinski definition) is 2. The zero-order valence-corrected chi connectivity index (χ0v) is 17.2. The number of rotatable bonds is 11. The summed E-state index contributed by atoms with van der Waals surface area (Å²) in [5, 5.41) is 6.70. The molecule has 1 aromatic carbocycles. The van der Waals surface area contributed by atoms with Gasteiger partial charge in [0.25, 0.3) is 0 Å². The van der Waals surface area contributed by atoms with Crippen LogP contribution in [0.2, 0.25) is 0 Å². The Hall–Kier alpha value is -1.79. The number of guanidine groups is 1. The van der Waals surface area contributed by atoms with Crippen LogP contribution in [0.3, 0.4) is 0 Å². The smallest absolute Gasteiger partial charge is 0.191 e. The summed E-state index contributed by atoms with van der Waals surface area (Å²) < 4.78 is 11.7. The number of para-hydroxylation sites is 1. The molecule has 6 heteroatoms. The van der Waals surface area contributed by atoms with Gasteiger partial charge in [0.15, 0.2) is 5.96 Å². The third-order valence-electron chi connectivity index (χ3n) is 4.81. The number of aliphatic imine (C=N–C) groups is 1. The second-order valence-electron chi connectivity index (χ2n) is 6.69. The fourth-order valence-electron chi connectivity index (χ4n) is 3.12. The highest BCUT2D eigenvalue weighted by atomic mass is 16.5. The first-order chi connectivity index (χ1) is 13.3. The molecule has 0 radical (unpaired) electrons. The largest absolute Gasteiger partial charge is 0.492 e. The highest BCUT2D eigenvalue weighted by Gasteiger charge is 2.15. The first-order valence-corrected chi connectivity index (χ1v) is 10.3. The maximum atomic E-state index is 6.03. The van der Waals surface area contributed by atoms with Crippen molar-refractivity contribution in [2.45, 2.75) is 46.3 Å². The molecular weight excluding hydrogens is 340 g/mol. The molecule has 1 aromatic rings. The van der Waals surface area contributed by atoms with Gasteiger partial charge in [-0.05, 0) is 38.9 Å². The van der Waals surface area contributed by atoms with Crippen molar-refractivity contribution >= 4 is 5.96 Å². The minimum atomic E-state index is 0.296. The van der Waals surface area contributed by atoms with E-state index in [1.807, 2.05) is 18.2 Å². The monoisotopic (exact) mass is 376 g/mol. The van der Waals surface area contributed by atoms with Gasteiger partial charge in [0.05, 0.1) is 12.6 Å². The molecule has 1 atom stereocenters. The third-order valence-corrected chi connectivity index (χ3v) is 4.81. The molecule has 1 saturated heterocycles. The molecule has 1 aliphatic rings. The summed E-state index contributed by atoms with van der Waals surface area (Å²) in [4.78, 5) is 7.09. The zero-order chi connectivity index (χ0) is 19.3. The van der Waals surface area contributed by atoms with Crippen LogP contribution in [0.15, 0.2) is 29.3 Å². The van der Waals surface area contributed by atoms with Crippen molar-refractivity contribution in [1.29, 1.82) is 0 Å². The predicted octanol–water partition coefficient (Wildman–Crippen LogP) is 2.64. The number of benzene rings is 1. The maximum absolute atomic E-state index is 6.03. The lowest BCUT2D eigenvalue weighted by Crippen LogP contribution is -2.41. The molecule has 2 N–H and O–H groups in total. The molecule has 152 valence electrons. The van der Waals surface area contributed by atoms with E-state index in [1.165, 1.54) is 0 Å². The standard InChI is InChI=1S/C21H36N4O2/c1-4-22-21(24-17-19-11-9-14-26-19)23-16-18-10-7-8-12-20(18)27-15-13-25(5-2)6-3/h7-8,10,12,19H,4-6,9,11,13-17H2,1-3H3,(H2,22,23,24). The van der Waals surface area contributed by atoms with Crippen molar-refractivity contribution in [3.63, 3.8) is 0 Å². The van der Waals surface area contributed by atoms with E-state index in [0.717, 1.165) is 69.4 Å². The lowest BCUT2D eigenvalue weighted by Gasteiger charge is -2.19. The van der Waals surface area contributed by atoms with Crippen LogP contribution in [0.4, 0.5) is 0 Å². The van der Waals surface area contributed by atoms with E-state index in [4.69, 9.17) is 14.5 Å². The molecule has 2 rings (SSSR count). The van der Waals surface area contributed by atoms with Crippen LogP contribution in [0, 0.1) is 0 Å². The summed E-state index contributed by atoms with van der Waals surface area (Å²) >= 11 is 0. The summed E-state index contributed by atoms with van der Waals surface area (Å²) in [7, 11) is 0. The third kappa shape index (κ3) is 7.77. The van der Waals surface area contributed by atoms with E-state index >= 15 is 0 Å². The second kappa shape index (κ2) is 12.6. The Kier molecular flexibility index (Phi) is 10.0. The molecule has 0 saturated carbocycles. The molecule has 1 heterocycles. The highest BCUT2D eigenvalue weighted by Crippen LogP contribution is 2.19. The Balaban J connectivity index is 1.90. The summed E-state index contributed by atoms with van der Waals surface area (Å²) in [5.41, 5.74) is 1.10. The van der Waals surface area contributed by atoms with E-state index in [0.29, 0.717) is 19.3 Å².